The van der Waals surface area contributed by atoms with E-state index in [1.165, 1.54) is 0 Å². The molecule has 0 aromatic heterocycles. The number of carbonyl (C=O) groups is 2. The summed E-state index contributed by atoms with van der Waals surface area (Å²) in [6, 6.07) is 1.22. The van der Waals surface area contributed by atoms with Crippen molar-refractivity contribution < 1.29 is 27.5 Å². The number of piperidine rings is 1. The van der Waals surface area contributed by atoms with Gasteiger partial charge in [-0.15, -0.1) is 0 Å². The molecule has 0 aliphatic carbocycles. The SMILES string of the molecule is CCOCC1CCN(C(C)C(=O)NCC(=O)Nc2ccc(F)c(F)c2F)CC1. The van der Waals surface area contributed by atoms with Gasteiger partial charge in [-0.25, -0.2) is 13.2 Å². The minimum absolute atomic E-state index is 0.329. The van der Waals surface area contributed by atoms with Crippen molar-refractivity contribution in [2.45, 2.75) is 32.7 Å². The van der Waals surface area contributed by atoms with Crippen LogP contribution in [0.5, 0.6) is 0 Å². The number of carbonyl (C=O) groups excluding carboxylic acids is 2. The fourth-order valence-corrected chi connectivity index (χ4v) is 3.09. The molecule has 0 radical (unpaired) electrons. The maximum Gasteiger partial charge on any atom is 0.243 e. The van der Waals surface area contributed by atoms with Gasteiger partial charge in [0.1, 0.15) is 0 Å². The largest absolute Gasteiger partial charge is 0.381 e. The second kappa shape index (κ2) is 10.4. The van der Waals surface area contributed by atoms with Crippen molar-refractivity contribution in [1.29, 1.82) is 0 Å². The van der Waals surface area contributed by atoms with Gasteiger partial charge in [-0.1, -0.05) is 0 Å². The van der Waals surface area contributed by atoms with Crippen LogP contribution >= 0.6 is 0 Å². The molecule has 1 aromatic rings. The summed E-state index contributed by atoms with van der Waals surface area (Å²) in [5.41, 5.74) is -0.484. The molecule has 1 heterocycles. The lowest BCUT2D eigenvalue weighted by molar-refractivity contribution is -0.128. The van der Waals surface area contributed by atoms with Gasteiger partial charge in [-0.05, 0) is 57.8 Å². The molecule has 1 aromatic carbocycles. The topological polar surface area (TPSA) is 70.7 Å². The molecule has 156 valence electrons. The van der Waals surface area contributed by atoms with Crippen molar-refractivity contribution in [2.75, 3.05) is 38.2 Å². The Morgan fingerprint density at radius 1 is 1.21 bits per heavy atom. The number of nitrogens with one attached hydrogen (secondary N) is 2. The van der Waals surface area contributed by atoms with Crippen LogP contribution in [0, 0.1) is 23.4 Å². The minimum atomic E-state index is -1.66. The Bertz CT molecular complexity index is 694. The van der Waals surface area contributed by atoms with E-state index in [0.717, 1.165) is 38.6 Å². The Balaban J connectivity index is 1.77. The zero-order chi connectivity index (χ0) is 20.7. The minimum Gasteiger partial charge on any atom is -0.381 e. The molecule has 1 unspecified atom stereocenters. The van der Waals surface area contributed by atoms with E-state index < -0.39 is 41.6 Å². The van der Waals surface area contributed by atoms with E-state index in [4.69, 9.17) is 4.74 Å². The maximum absolute atomic E-state index is 13.6. The molecule has 6 nitrogen and oxygen atoms in total. The van der Waals surface area contributed by atoms with E-state index in [-0.39, 0.29) is 5.91 Å². The van der Waals surface area contributed by atoms with Crippen molar-refractivity contribution in [1.82, 2.24) is 10.2 Å². The van der Waals surface area contributed by atoms with Crippen molar-refractivity contribution in [3.8, 4) is 0 Å². The molecule has 9 heteroatoms. The lowest BCUT2D eigenvalue weighted by Crippen LogP contribution is -2.49. The molecular formula is C19H26F3N3O3. The first-order chi connectivity index (χ1) is 13.3. The fourth-order valence-electron chi connectivity index (χ4n) is 3.09. The molecule has 1 fully saturated rings. The third kappa shape index (κ3) is 5.93. The van der Waals surface area contributed by atoms with Gasteiger partial charge in [0.2, 0.25) is 11.8 Å². The van der Waals surface area contributed by atoms with Crippen LogP contribution in [-0.4, -0.2) is 55.6 Å². The maximum atomic E-state index is 13.6. The highest BCUT2D eigenvalue weighted by atomic mass is 19.2. The highest BCUT2D eigenvalue weighted by molar-refractivity contribution is 5.95. The molecule has 0 bridgehead atoms. The first-order valence-electron chi connectivity index (χ1n) is 9.36. The van der Waals surface area contributed by atoms with Crippen LogP contribution in [0.15, 0.2) is 12.1 Å². The normalized spacial score (nSPS) is 16.6. The third-order valence-electron chi connectivity index (χ3n) is 4.87. The summed E-state index contributed by atoms with van der Waals surface area (Å²) in [4.78, 5) is 26.2. The lowest BCUT2D eigenvalue weighted by atomic mass is 9.96. The third-order valence-corrected chi connectivity index (χ3v) is 4.87. The Kier molecular flexibility index (Phi) is 8.25. The smallest absolute Gasteiger partial charge is 0.243 e. The number of halogens is 3. The molecule has 0 saturated carbocycles. The van der Waals surface area contributed by atoms with Crippen molar-refractivity contribution in [3.63, 3.8) is 0 Å². The van der Waals surface area contributed by atoms with Crippen molar-refractivity contribution in [2.24, 2.45) is 5.92 Å². The Morgan fingerprint density at radius 2 is 1.89 bits per heavy atom. The number of hydrogen-bond acceptors (Lipinski definition) is 4. The molecule has 1 atom stereocenters. The van der Waals surface area contributed by atoms with E-state index >= 15 is 0 Å². The molecule has 0 spiro atoms. The number of ether oxygens (including phenoxy) is 1. The molecule has 1 aliphatic rings. The van der Waals surface area contributed by atoms with Crippen LogP contribution in [0.25, 0.3) is 0 Å². The summed E-state index contributed by atoms with van der Waals surface area (Å²) in [5, 5.41) is 4.60. The van der Waals surface area contributed by atoms with Crippen LogP contribution in [0.2, 0.25) is 0 Å². The van der Waals surface area contributed by atoms with Gasteiger partial charge in [0.05, 0.1) is 18.3 Å². The summed E-state index contributed by atoms with van der Waals surface area (Å²) in [6.45, 7) is 6.25. The number of likely N-dealkylation sites (tertiary alicyclic amines) is 1. The molecule has 2 rings (SSSR count). The number of anilines is 1. The molecule has 28 heavy (non-hydrogen) atoms. The van der Waals surface area contributed by atoms with Crippen molar-refractivity contribution >= 4 is 17.5 Å². The molecule has 1 saturated heterocycles. The second-order valence-electron chi connectivity index (χ2n) is 6.80. The van der Waals surface area contributed by atoms with Crippen LogP contribution in [-0.2, 0) is 14.3 Å². The highest BCUT2D eigenvalue weighted by Crippen LogP contribution is 2.20. The standard InChI is InChI=1S/C19H26F3N3O3/c1-3-28-11-13-6-8-25(9-7-13)12(2)19(27)23-10-16(26)24-15-5-4-14(20)17(21)18(15)22/h4-5,12-13H,3,6-11H2,1-2H3,(H,23,27)(H,24,26). The monoisotopic (exact) mass is 401 g/mol. The number of rotatable bonds is 8. The Hall–Kier alpha value is -2.13. The summed E-state index contributed by atoms with van der Waals surface area (Å²) in [5.74, 6) is -5.07. The summed E-state index contributed by atoms with van der Waals surface area (Å²) >= 11 is 0. The van der Waals surface area contributed by atoms with Gasteiger partial charge in [0.15, 0.2) is 17.5 Å². The fraction of sp³-hybridized carbons (Fsp3) is 0.579. The summed E-state index contributed by atoms with van der Waals surface area (Å²) < 4.78 is 45.1. The predicted octanol–water partition coefficient (Wildman–Crippen LogP) is 2.30. The number of amides is 2. The average molecular weight is 401 g/mol. The number of nitrogens with zero attached hydrogens (tertiary/aromatic N) is 1. The van der Waals surface area contributed by atoms with E-state index in [1.54, 1.807) is 6.92 Å². The summed E-state index contributed by atoms with van der Waals surface area (Å²) in [7, 11) is 0. The van der Waals surface area contributed by atoms with E-state index in [0.29, 0.717) is 18.6 Å². The molecule has 2 N–H and O–H groups in total. The summed E-state index contributed by atoms with van der Waals surface area (Å²) in [6.07, 6.45) is 1.88. The van der Waals surface area contributed by atoms with Gasteiger partial charge in [0, 0.05) is 13.2 Å². The molecule has 1 aliphatic heterocycles. The number of hydrogen-bond donors (Lipinski definition) is 2. The van der Waals surface area contributed by atoms with Crippen LogP contribution in [0.4, 0.5) is 18.9 Å². The van der Waals surface area contributed by atoms with Crippen LogP contribution < -0.4 is 10.6 Å². The number of benzene rings is 1. The first-order valence-corrected chi connectivity index (χ1v) is 9.36. The second-order valence-corrected chi connectivity index (χ2v) is 6.80. The quantitative estimate of drug-likeness (QED) is 0.656. The van der Waals surface area contributed by atoms with E-state index in [2.05, 4.69) is 10.6 Å². The van der Waals surface area contributed by atoms with E-state index in [9.17, 15) is 22.8 Å². The predicted molar refractivity (Wildman–Crippen MR) is 98.2 cm³/mol. The molecule has 2 amide bonds. The van der Waals surface area contributed by atoms with Gasteiger partial charge in [-0.3, -0.25) is 14.5 Å². The van der Waals surface area contributed by atoms with E-state index in [1.807, 2.05) is 11.8 Å². The zero-order valence-electron chi connectivity index (χ0n) is 16.1. The van der Waals surface area contributed by atoms with Crippen LogP contribution in [0.1, 0.15) is 26.7 Å². The van der Waals surface area contributed by atoms with Crippen molar-refractivity contribution in [3.05, 3.63) is 29.6 Å². The van der Waals surface area contributed by atoms with Gasteiger partial charge >= 0.3 is 0 Å². The first kappa shape index (κ1) is 22.2. The van der Waals surface area contributed by atoms with Crippen LogP contribution in [0.3, 0.4) is 0 Å². The van der Waals surface area contributed by atoms with Gasteiger partial charge in [-0.2, -0.15) is 0 Å². The average Bonchev–Trinajstić information content (AvgIpc) is 2.70. The van der Waals surface area contributed by atoms with Gasteiger partial charge in [0.25, 0.3) is 0 Å². The highest BCUT2D eigenvalue weighted by Gasteiger charge is 2.27. The molecular weight excluding hydrogens is 375 g/mol. The Morgan fingerprint density at radius 3 is 2.54 bits per heavy atom. The lowest BCUT2D eigenvalue weighted by Gasteiger charge is -2.35. The Labute approximate surface area is 162 Å². The zero-order valence-corrected chi connectivity index (χ0v) is 16.1. The van der Waals surface area contributed by atoms with Gasteiger partial charge < -0.3 is 15.4 Å².